The number of hydrogen-bond donors (Lipinski definition) is 2. The predicted octanol–water partition coefficient (Wildman–Crippen LogP) is 3.10. The molecule has 9 nitrogen and oxygen atoms in total. The summed E-state index contributed by atoms with van der Waals surface area (Å²) in [4.78, 5) is 25.7. The van der Waals surface area contributed by atoms with Crippen LogP contribution in [0.5, 0.6) is 11.8 Å². The number of fused-ring (bicyclic) bond motifs is 3. The van der Waals surface area contributed by atoms with E-state index in [-0.39, 0.29) is 37.4 Å². The molecular weight excluding hydrogens is 477 g/mol. The molecular formula is C24H25ClFN5O4. The second kappa shape index (κ2) is 9.80. The van der Waals surface area contributed by atoms with Gasteiger partial charge in [-0.1, -0.05) is 17.7 Å². The number of hydrogen-bond acceptors (Lipinski definition) is 7. The van der Waals surface area contributed by atoms with Crippen LogP contribution in [0.25, 0.3) is 0 Å². The lowest BCUT2D eigenvalue weighted by molar-refractivity contribution is -0.143. The van der Waals surface area contributed by atoms with Gasteiger partial charge in [-0.05, 0) is 43.5 Å². The first-order chi connectivity index (χ1) is 17.0. The molecule has 5 rings (SSSR count). The highest BCUT2D eigenvalue weighted by atomic mass is 35.5. The van der Waals surface area contributed by atoms with Crippen molar-refractivity contribution in [3.05, 3.63) is 64.8 Å². The minimum absolute atomic E-state index is 0.111. The average Bonchev–Trinajstić information content (AvgIpc) is 3.44. The molecule has 1 amide bonds. The number of pyridine rings is 1. The van der Waals surface area contributed by atoms with E-state index in [1.807, 2.05) is 4.90 Å². The van der Waals surface area contributed by atoms with Gasteiger partial charge in [0.2, 0.25) is 5.91 Å². The first-order valence-corrected chi connectivity index (χ1v) is 11.8. The Labute approximate surface area is 206 Å². The van der Waals surface area contributed by atoms with Crippen molar-refractivity contribution in [2.75, 3.05) is 24.6 Å². The zero-order chi connectivity index (χ0) is 24.5. The first-order valence-electron chi connectivity index (χ1n) is 11.5. The van der Waals surface area contributed by atoms with Crippen molar-refractivity contribution in [2.24, 2.45) is 0 Å². The topological polar surface area (TPSA) is 104 Å². The Hall–Kier alpha value is -3.21. The Bertz CT molecular complexity index is 1220. The van der Waals surface area contributed by atoms with E-state index in [0.717, 1.165) is 6.42 Å². The fraction of sp³-hybridized carbons (Fsp3) is 0.375. The first kappa shape index (κ1) is 23.5. The van der Waals surface area contributed by atoms with Gasteiger partial charge in [0, 0.05) is 32.0 Å². The molecule has 184 valence electrons. The number of benzene rings is 1. The summed E-state index contributed by atoms with van der Waals surface area (Å²) in [5.74, 6) is 0.0311. The Morgan fingerprint density at radius 3 is 2.86 bits per heavy atom. The number of nitrogens with zero attached hydrogens (tertiary/aromatic N) is 5. The van der Waals surface area contributed by atoms with Crippen molar-refractivity contribution in [1.29, 1.82) is 0 Å². The number of rotatable bonds is 7. The molecule has 2 unspecified atom stereocenters. The van der Waals surface area contributed by atoms with Gasteiger partial charge in [0.1, 0.15) is 23.3 Å². The number of carbonyl (C=O) groups is 1. The SMILES string of the molecule is O=C1C2CCCN2c2nc(Oc3cccc(F)c3)n(Cc3ccc(Cl)cn3)c2C(O)N1CCCO. The minimum Gasteiger partial charge on any atom is -0.425 e. The van der Waals surface area contributed by atoms with Crippen LogP contribution in [0, 0.1) is 5.82 Å². The molecule has 11 heteroatoms. The van der Waals surface area contributed by atoms with Crippen LogP contribution in [0.3, 0.4) is 0 Å². The van der Waals surface area contributed by atoms with Crippen molar-refractivity contribution in [3.63, 3.8) is 0 Å². The molecule has 1 saturated heterocycles. The molecule has 0 aliphatic carbocycles. The molecule has 0 radical (unpaired) electrons. The normalized spacial score (nSPS) is 19.5. The third-order valence-corrected chi connectivity index (χ3v) is 6.48. The molecule has 1 fully saturated rings. The largest absolute Gasteiger partial charge is 0.425 e. The molecule has 0 bridgehead atoms. The van der Waals surface area contributed by atoms with Gasteiger partial charge < -0.3 is 24.7 Å². The standard InChI is InChI=1S/C24H25ClFN5O4/c25-15-7-8-17(27-13-15)14-31-20-21(28-24(31)35-18-5-1-4-16(26)12-18)29-9-2-6-19(29)22(33)30(23(20)34)10-3-11-32/h1,4-5,7-8,12-13,19,23,32,34H,2-3,6,9-11,14H2. The van der Waals surface area contributed by atoms with Gasteiger partial charge in [-0.25, -0.2) is 4.39 Å². The van der Waals surface area contributed by atoms with E-state index in [2.05, 4.69) is 4.98 Å². The molecule has 2 aromatic heterocycles. The van der Waals surface area contributed by atoms with Crippen LogP contribution >= 0.6 is 11.6 Å². The number of aliphatic hydroxyl groups is 2. The van der Waals surface area contributed by atoms with Crippen molar-refractivity contribution >= 4 is 23.3 Å². The number of carbonyl (C=O) groups excluding carboxylic acids is 1. The van der Waals surface area contributed by atoms with E-state index in [4.69, 9.17) is 21.3 Å². The molecule has 0 spiro atoms. The van der Waals surface area contributed by atoms with E-state index in [0.29, 0.717) is 41.6 Å². The van der Waals surface area contributed by atoms with Crippen LogP contribution in [0.1, 0.15) is 36.9 Å². The van der Waals surface area contributed by atoms with Crippen molar-refractivity contribution in [3.8, 4) is 11.8 Å². The summed E-state index contributed by atoms with van der Waals surface area (Å²) in [5, 5.41) is 21.3. The van der Waals surface area contributed by atoms with Gasteiger partial charge in [0.05, 0.1) is 17.3 Å². The minimum atomic E-state index is -1.32. The molecule has 4 heterocycles. The molecule has 0 saturated carbocycles. The summed E-state index contributed by atoms with van der Waals surface area (Å²) in [6.45, 7) is 0.839. The summed E-state index contributed by atoms with van der Waals surface area (Å²) < 4.78 is 21.5. The van der Waals surface area contributed by atoms with E-state index < -0.39 is 18.1 Å². The van der Waals surface area contributed by atoms with E-state index in [9.17, 15) is 19.4 Å². The van der Waals surface area contributed by atoms with Gasteiger partial charge in [-0.3, -0.25) is 14.3 Å². The summed E-state index contributed by atoms with van der Waals surface area (Å²) >= 11 is 6.00. The van der Waals surface area contributed by atoms with Crippen molar-refractivity contribution in [2.45, 2.75) is 38.1 Å². The third kappa shape index (κ3) is 4.56. The lowest BCUT2D eigenvalue weighted by Gasteiger charge is -2.29. The molecule has 2 atom stereocenters. The quantitative estimate of drug-likeness (QED) is 0.512. The Kier molecular flexibility index (Phi) is 6.59. The van der Waals surface area contributed by atoms with Crippen molar-refractivity contribution in [1.82, 2.24) is 19.4 Å². The Morgan fingerprint density at radius 1 is 1.26 bits per heavy atom. The molecule has 1 aromatic carbocycles. The van der Waals surface area contributed by atoms with Crippen LogP contribution in [0.2, 0.25) is 5.02 Å². The number of amides is 1. The summed E-state index contributed by atoms with van der Waals surface area (Å²) in [6, 6.07) is 8.83. The van der Waals surface area contributed by atoms with Gasteiger partial charge in [-0.2, -0.15) is 4.98 Å². The summed E-state index contributed by atoms with van der Waals surface area (Å²) in [5.41, 5.74) is 1.00. The average molecular weight is 502 g/mol. The van der Waals surface area contributed by atoms with Gasteiger partial charge in [-0.15, -0.1) is 0 Å². The maximum absolute atomic E-state index is 13.8. The highest BCUT2D eigenvalue weighted by Crippen LogP contribution is 2.41. The summed E-state index contributed by atoms with van der Waals surface area (Å²) in [6.07, 6.45) is 1.95. The van der Waals surface area contributed by atoms with E-state index in [1.54, 1.807) is 22.8 Å². The molecule has 2 aliphatic rings. The van der Waals surface area contributed by atoms with E-state index in [1.165, 1.54) is 29.3 Å². The predicted molar refractivity (Wildman–Crippen MR) is 126 cm³/mol. The third-order valence-electron chi connectivity index (χ3n) is 6.26. The van der Waals surface area contributed by atoms with Crippen molar-refractivity contribution < 1.29 is 24.1 Å². The van der Waals surface area contributed by atoms with Crippen LogP contribution in [-0.2, 0) is 11.3 Å². The number of aliphatic hydroxyl groups excluding tert-OH is 2. The monoisotopic (exact) mass is 501 g/mol. The van der Waals surface area contributed by atoms with E-state index >= 15 is 0 Å². The highest BCUT2D eigenvalue weighted by Gasteiger charge is 2.45. The maximum Gasteiger partial charge on any atom is 0.304 e. The van der Waals surface area contributed by atoms with Crippen LogP contribution in [-0.4, -0.2) is 61.3 Å². The fourth-order valence-corrected chi connectivity index (χ4v) is 4.75. The van der Waals surface area contributed by atoms with Gasteiger partial charge in [0.15, 0.2) is 12.0 Å². The zero-order valence-electron chi connectivity index (χ0n) is 18.8. The number of halogens is 2. The van der Waals surface area contributed by atoms with Gasteiger partial charge in [0.25, 0.3) is 0 Å². The number of imidazole rings is 1. The Balaban J connectivity index is 1.64. The second-order valence-electron chi connectivity index (χ2n) is 8.55. The molecule has 2 aliphatic heterocycles. The number of ether oxygens (including phenoxy) is 1. The van der Waals surface area contributed by atoms with Crippen LogP contribution in [0.15, 0.2) is 42.6 Å². The lowest BCUT2D eigenvalue weighted by atomic mass is 10.2. The maximum atomic E-state index is 13.8. The summed E-state index contributed by atoms with van der Waals surface area (Å²) in [7, 11) is 0. The highest BCUT2D eigenvalue weighted by molar-refractivity contribution is 6.30. The molecule has 3 aromatic rings. The van der Waals surface area contributed by atoms with Crippen LogP contribution < -0.4 is 9.64 Å². The molecule has 2 N–H and O–H groups in total. The zero-order valence-corrected chi connectivity index (χ0v) is 19.6. The second-order valence-corrected chi connectivity index (χ2v) is 8.99. The number of anilines is 1. The molecule has 35 heavy (non-hydrogen) atoms. The van der Waals surface area contributed by atoms with Gasteiger partial charge >= 0.3 is 6.01 Å². The fourth-order valence-electron chi connectivity index (χ4n) is 4.64. The lowest BCUT2D eigenvalue weighted by Crippen LogP contribution is -2.45. The van der Waals surface area contributed by atoms with Crippen LogP contribution in [0.4, 0.5) is 10.2 Å². The number of aromatic nitrogens is 3. The smallest absolute Gasteiger partial charge is 0.304 e. The Morgan fingerprint density at radius 2 is 2.11 bits per heavy atom.